The molecule has 5 heteroatoms. The second-order valence-electron chi connectivity index (χ2n) is 6.41. The molecule has 21 heavy (non-hydrogen) atoms. The van der Waals surface area contributed by atoms with Gasteiger partial charge in [0.2, 0.25) is 0 Å². The van der Waals surface area contributed by atoms with Crippen molar-refractivity contribution in [1.82, 2.24) is 9.97 Å². The summed E-state index contributed by atoms with van der Waals surface area (Å²) in [6.07, 6.45) is 4.91. The van der Waals surface area contributed by atoms with Crippen LogP contribution in [-0.2, 0) is 4.74 Å². The molecule has 1 aliphatic heterocycles. The van der Waals surface area contributed by atoms with E-state index in [0.717, 1.165) is 56.2 Å². The number of nitrogens with zero attached hydrogens (tertiary/aromatic N) is 2. The van der Waals surface area contributed by atoms with Crippen molar-refractivity contribution in [2.24, 2.45) is 0 Å². The Balaban J connectivity index is 2.25. The van der Waals surface area contributed by atoms with E-state index in [4.69, 9.17) is 4.74 Å². The van der Waals surface area contributed by atoms with Crippen molar-refractivity contribution in [2.75, 3.05) is 30.4 Å². The molecule has 1 aromatic rings. The number of ether oxygens (including phenoxy) is 1. The highest BCUT2D eigenvalue weighted by atomic mass is 16.5. The van der Waals surface area contributed by atoms with Crippen LogP contribution in [0.1, 0.15) is 58.4 Å². The molecule has 1 aliphatic rings. The molecule has 2 heterocycles. The van der Waals surface area contributed by atoms with Crippen LogP contribution < -0.4 is 10.6 Å². The topological polar surface area (TPSA) is 59.1 Å². The Morgan fingerprint density at radius 3 is 2.71 bits per heavy atom. The summed E-state index contributed by atoms with van der Waals surface area (Å²) in [4.78, 5) is 8.91. The molecule has 1 unspecified atom stereocenters. The van der Waals surface area contributed by atoms with Crippen LogP contribution in [-0.4, -0.2) is 35.3 Å². The molecule has 0 spiro atoms. The van der Waals surface area contributed by atoms with Crippen LogP contribution in [0.15, 0.2) is 6.33 Å². The van der Waals surface area contributed by atoms with E-state index in [1.165, 1.54) is 0 Å². The van der Waals surface area contributed by atoms with Gasteiger partial charge >= 0.3 is 0 Å². The lowest BCUT2D eigenvalue weighted by Crippen LogP contribution is -2.43. The van der Waals surface area contributed by atoms with Gasteiger partial charge in [0.05, 0.1) is 12.1 Å². The van der Waals surface area contributed by atoms with Gasteiger partial charge in [-0.25, -0.2) is 9.97 Å². The largest absolute Gasteiger partial charge is 0.379 e. The summed E-state index contributed by atoms with van der Waals surface area (Å²) in [6, 6.07) is 0. The zero-order valence-electron chi connectivity index (χ0n) is 13.7. The van der Waals surface area contributed by atoms with Crippen LogP contribution in [0.3, 0.4) is 0 Å². The van der Waals surface area contributed by atoms with Gasteiger partial charge in [0, 0.05) is 18.7 Å². The molecule has 2 N–H and O–H groups in total. The zero-order valence-corrected chi connectivity index (χ0v) is 13.7. The van der Waals surface area contributed by atoms with Crippen LogP contribution in [0, 0.1) is 0 Å². The van der Waals surface area contributed by atoms with Crippen molar-refractivity contribution >= 4 is 11.6 Å². The maximum absolute atomic E-state index is 5.63. The summed E-state index contributed by atoms with van der Waals surface area (Å²) in [5, 5.41) is 7.02. The van der Waals surface area contributed by atoms with E-state index >= 15 is 0 Å². The van der Waals surface area contributed by atoms with E-state index in [-0.39, 0.29) is 5.54 Å². The summed E-state index contributed by atoms with van der Waals surface area (Å²) >= 11 is 0. The average molecular weight is 292 g/mol. The molecule has 0 saturated carbocycles. The predicted octanol–water partition coefficient (Wildman–Crippen LogP) is 3.40. The van der Waals surface area contributed by atoms with Crippen molar-refractivity contribution in [3.05, 3.63) is 11.9 Å². The smallest absolute Gasteiger partial charge is 0.135 e. The monoisotopic (exact) mass is 292 g/mol. The lowest BCUT2D eigenvalue weighted by atomic mass is 9.94. The molecule has 5 nitrogen and oxygen atoms in total. The lowest BCUT2D eigenvalue weighted by Gasteiger charge is -2.35. The third kappa shape index (κ3) is 4.06. The fourth-order valence-corrected chi connectivity index (χ4v) is 2.74. The van der Waals surface area contributed by atoms with Crippen LogP contribution in [0.5, 0.6) is 0 Å². The minimum atomic E-state index is -0.0434. The van der Waals surface area contributed by atoms with Crippen molar-refractivity contribution in [3.8, 4) is 0 Å². The number of hydrogen-bond acceptors (Lipinski definition) is 5. The van der Waals surface area contributed by atoms with Gasteiger partial charge < -0.3 is 15.4 Å². The Morgan fingerprint density at radius 2 is 2.10 bits per heavy atom. The van der Waals surface area contributed by atoms with Crippen LogP contribution >= 0.6 is 0 Å². The molecule has 1 atom stereocenters. The zero-order chi connectivity index (χ0) is 15.3. The Bertz CT molecular complexity index is 456. The molecule has 1 fully saturated rings. The van der Waals surface area contributed by atoms with Crippen molar-refractivity contribution < 1.29 is 4.74 Å². The first kappa shape index (κ1) is 16.0. The van der Waals surface area contributed by atoms with Gasteiger partial charge in [0.25, 0.3) is 0 Å². The van der Waals surface area contributed by atoms with Gasteiger partial charge in [-0.05, 0) is 32.1 Å². The summed E-state index contributed by atoms with van der Waals surface area (Å²) in [5.74, 6) is 2.25. The first-order valence-corrected chi connectivity index (χ1v) is 8.00. The fourth-order valence-electron chi connectivity index (χ4n) is 2.74. The highest BCUT2D eigenvalue weighted by Gasteiger charge is 2.29. The van der Waals surface area contributed by atoms with Gasteiger partial charge in [-0.3, -0.25) is 0 Å². The molecule has 0 aliphatic carbocycles. The number of anilines is 2. The minimum Gasteiger partial charge on any atom is -0.379 e. The van der Waals surface area contributed by atoms with Crippen LogP contribution in [0.4, 0.5) is 11.6 Å². The first-order valence-electron chi connectivity index (χ1n) is 8.00. The predicted molar refractivity (Wildman–Crippen MR) is 87.0 cm³/mol. The Hall–Kier alpha value is -1.36. The molecule has 0 aromatic carbocycles. The van der Waals surface area contributed by atoms with Gasteiger partial charge in [0.1, 0.15) is 18.0 Å². The normalized spacial score (nSPS) is 22.3. The van der Waals surface area contributed by atoms with Crippen molar-refractivity contribution in [1.29, 1.82) is 0 Å². The second-order valence-corrected chi connectivity index (χ2v) is 6.41. The summed E-state index contributed by atoms with van der Waals surface area (Å²) in [6.45, 7) is 11.2. The van der Waals surface area contributed by atoms with Gasteiger partial charge in [-0.15, -0.1) is 0 Å². The molecule has 0 radical (unpaired) electrons. The maximum atomic E-state index is 5.63. The van der Waals surface area contributed by atoms with E-state index in [1.54, 1.807) is 6.33 Å². The molecular formula is C16H28N4O. The van der Waals surface area contributed by atoms with Crippen molar-refractivity contribution in [3.63, 3.8) is 0 Å². The van der Waals surface area contributed by atoms with Crippen molar-refractivity contribution in [2.45, 2.75) is 58.4 Å². The van der Waals surface area contributed by atoms with E-state index in [1.807, 2.05) is 0 Å². The van der Waals surface area contributed by atoms with Crippen LogP contribution in [0.2, 0.25) is 0 Å². The highest BCUT2D eigenvalue weighted by molar-refractivity contribution is 5.60. The summed E-state index contributed by atoms with van der Waals surface area (Å²) in [5.41, 5.74) is 1.12. The maximum Gasteiger partial charge on any atom is 0.135 e. The highest BCUT2D eigenvalue weighted by Crippen LogP contribution is 2.32. The van der Waals surface area contributed by atoms with Gasteiger partial charge in [-0.2, -0.15) is 0 Å². The molecule has 118 valence electrons. The average Bonchev–Trinajstić information content (AvgIpc) is 2.45. The van der Waals surface area contributed by atoms with E-state index in [9.17, 15) is 0 Å². The van der Waals surface area contributed by atoms with Crippen LogP contribution in [0.25, 0.3) is 0 Å². The number of nitrogens with one attached hydrogen (secondary N) is 2. The van der Waals surface area contributed by atoms with E-state index in [0.29, 0.717) is 5.92 Å². The van der Waals surface area contributed by atoms with Gasteiger partial charge in [0.15, 0.2) is 0 Å². The number of aromatic nitrogens is 2. The SMILES string of the molecule is CCCNc1ncnc(NC2(C)CCCOC2)c1C(C)C. The Labute approximate surface area is 127 Å². The number of hydrogen-bond donors (Lipinski definition) is 2. The van der Waals surface area contributed by atoms with E-state index < -0.39 is 0 Å². The first-order chi connectivity index (χ1) is 10.1. The lowest BCUT2D eigenvalue weighted by molar-refractivity contribution is 0.0538. The Kier molecular flexibility index (Phi) is 5.39. The second kappa shape index (κ2) is 7.07. The molecule has 0 bridgehead atoms. The number of rotatable bonds is 6. The molecule has 1 aromatic heterocycles. The standard InChI is InChI=1S/C16H28N4O/c1-5-8-17-14-13(12(2)3)15(19-11-18-14)20-16(4)7-6-9-21-10-16/h11-12H,5-10H2,1-4H3,(H2,17,18,19,20). The third-order valence-corrected chi connectivity index (χ3v) is 3.86. The molecule has 2 rings (SSSR count). The molecule has 1 saturated heterocycles. The summed E-state index contributed by atoms with van der Waals surface area (Å²) < 4.78 is 5.63. The Morgan fingerprint density at radius 1 is 1.33 bits per heavy atom. The third-order valence-electron chi connectivity index (χ3n) is 3.86. The fraction of sp³-hybridized carbons (Fsp3) is 0.750. The summed E-state index contributed by atoms with van der Waals surface area (Å²) in [7, 11) is 0. The molecular weight excluding hydrogens is 264 g/mol. The van der Waals surface area contributed by atoms with E-state index in [2.05, 4.69) is 48.3 Å². The minimum absolute atomic E-state index is 0.0434. The van der Waals surface area contributed by atoms with Gasteiger partial charge in [-0.1, -0.05) is 20.8 Å². The quantitative estimate of drug-likeness (QED) is 0.841. The molecule has 0 amide bonds.